The lowest BCUT2D eigenvalue weighted by molar-refractivity contribution is -0.167. The van der Waals surface area contributed by atoms with E-state index in [1.165, 1.54) is 0 Å². The molecule has 1 N–H and O–H groups in total. The minimum absolute atomic E-state index is 0.0605. The van der Waals surface area contributed by atoms with Gasteiger partial charge in [0.15, 0.2) is 12.8 Å². The minimum Gasteiger partial charge on any atom is -0.442 e. The predicted octanol–water partition coefficient (Wildman–Crippen LogP) is 0.102. The van der Waals surface area contributed by atoms with Gasteiger partial charge in [-0.1, -0.05) is 18.2 Å². The third-order valence-electron chi connectivity index (χ3n) is 4.86. The Morgan fingerprint density at radius 3 is 2.32 bits per heavy atom. The number of rotatable bonds is 8. The van der Waals surface area contributed by atoms with E-state index >= 15 is 0 Å². The van der Waals surface area contributed by atoms with Crippen molar-refractivity contribution in [2.75, 3.05) is 12.6 Å². The molecular weight excluding hydrogens is 413 g/mol. The lowest BCUT2D eigenvalue weighted by atomic mass is 9.99. The highest BCUT2D eigenvalue weighted by Crippen LogP contribution is 2.33. The predicted molar refractivity (Wildman–Crippen MR) is 96.8 cm³/mol. The van der Waals surface area contributed by atoms with Gasteiger partial charge in [-0.25, -0.2) is 9.69 Å². The number of β-lactam (4-membered cyclic amide) rings is 1. The van der Waals surface area contributed by atoms with Gasteiger partial charge in [-0.15, -0.1) is 11.6 Å². The quantitative estimate of drug-likeness (QED) is 0.145. The number of amides is 4. The molecule has 28 heavy (non-hydrogen) atoms. The first kappa shape index (κ1) is 20.6. The van der Waals surface area contributed by atoms with Gasteiger partial charge in [-0.05, 0) is 18.4 Å². The third-order valence-corrected chi connectivity index (χ3v) is 5.66. The van der Waals surface area contributed by atoms with Crippen LogP contribution < -0.4 is 5.32 Å². The van der Waals surface area contributed by atoms with Gasteiger partial charge < -0.3 is 15.0 Å². The van der Waals surface area contributed by atoms with Gasteiger partial charge >= 0.3 is 5.97 Å². The highest BCUT2D eigenvalue weighted by molar-refractivity contribution is 6.27. The normalized spacial score (nSPS) is 25.4. The van der Waals surface area contributed by atoms with Crippen LogP contribution in [0.15, 0.2) is 12.2 Å². The molecule has 2 aliphatic heterocycles. The zero-order chi connectivity index (χ0) is 20.6. The fraction of sp³-hybridized carbons (Fsp3) is 0.588. The number of nitrogens with one attached hydrogen (secondary N) is 1. The van der Waals surface area contributed by atoms with Crippen LogP contribution in [0.25, 0.3) is 0 Å². The summed E-state index contributed by atoms with van der Waals surface area (Å²) < 4.78 is 5.06. The van der Waals surface area contributed by atoms with Crippen LogP contribution >= 0.6 is 23.2 Å². The summed E-state index contributed by atoms with van der Waals surface area (Å²) in [5, 5.41) is 2.57. The number of imide groups is 1. The van der Waals surface area contributed by atoms with Crippen molar-refractivity contribution < 1.29 is 28.7 Å². The van der Waals surface area contributed by atoms with E-state index in [1.807, 2.05) is 0 Å². The molecule has 0 aromatic rings. The Bertz CT molecular complexity index is 737. The van der Waals surface area contributed by atoms with E-state index in [4.69, 9.17) is 27.9 Å². The van der Waals surface area contributed by atoms with Crippen molar-refractivity contribution in [1.82, 2.24) is 15.1 Å². The Kier molecular flexibility index (Phi) is 5.95. The molecule has 152 valence electrons. The van der Waals surface area contributed by atoms with Crippen LogP contribution in [0.2, 0.25) is 0 Å². The largest absolute Gasteiger partial charge is 0.442 e. The maximum Gasteiger partial charge on any atom is 0.335 e. The average Bonchev–Trinajstić information content (AvgIpc) is 3.48. The molecule has 0 spiro atoms. The fourth-order valence-corrected chi connectivity index (χ4v) is 3.54. The SMILES string of the molecule is C=C(CCl)C(C(=O)OCN1C(=O)CCC1=O)N1C(=O)C(NC(=O)C2CC2)C1Cl. The number of hydrogen-bond donors (Lipinski definition) is 1. The van der Waals surface area contributed by atoms with Crippen molar-refractivity contribution in [1.29, 1.82) is 0 Å². The van der Waals surface area contributed by atoms with Gasteiger partial charge in [0.25, 0.3) is 5.91 Å². The Balaban J connectivity index is 1.64. The van der Waals surface area contributed by atoms with Crippen molar-refractivity contribution in [3.63, 3.8) is 0 Å². The molecule has 0 aromatic heterocycles. The molecule has 0 radical (unpaired) electrons. The first-order valence-electron chi connectivity index (χ1n) is 8.76. The molecule has 0 bridgehead atoms. The van der Waals surface area contributed by atoms with Crippen LogP contribution in [0.5, 0.6) is 0 Å². The number of hydrogen-bond acceptors (Lipinski definition) is 6. The standard InChI is InChI=1S/C17H19Cl2N3O6/c1-8(6-18)13(17(27)28-7-21-10(23)4-5-11(21)24)22-14(19)12(16(22)26)20-15(25)9-2-3-9/h9,12-14H,1-7H2,(H,20,25). The van der Waals surface area contributed by atoms with Crippen molar-refractivity contribution in [3.05, 3.63) is 12.2 Å². The molecule has 3 unspecified atom stereocenters. The van der Waals surface area contributed by atoms with Gasteiger partial charge in [0.1, 0.15) is 11.5 Å². The summed E-state index contributed by atoms with van der Waals surface area (Å²) in [6, 6.07) is -2.23. The Morgan fingerprint density at radius 1 is 1.21 bits per heavy atom. The molecule has 3 rings (SSSR count). The van der Waals surface area contributed by atoms with Crippen LogP contribution in [-0.4, -0.2) is 69.6 Å². The molecule has 1 saturated carbocycles. The zero-order valence-electron chi connectivity index (χ0n) is 14.9. The summed E-state index contributed by atoms with van der Waals surface area (Å²) in [6.45, 7) is 3.12. The number of halogens is 2. The minimum atomic E-state index is -1.28. The summed E-state index contributed by atoms with van der Waals surface area (Å²) >= 11 is 12.0. The Labute approximate surface area is 170 Å². The Hall–Kier alpha value is -2.13. The van der Waals surface area contributed by atoms with E-state index in [1.54, 1.807) is 0 Å². The average molecular weight is 432 g/mol. The second kappa shape index (κ2) is 8.08. The Morgan fingerprint density at radius 2 is 1.82 bits per heavy atom. The first-order chi connectivity index (χ1) is 13.3. The smallest absolute Gasteiger partial charge is 0.335 e. The summed E-state index contributed by atoms with van der Waals surface area (Å²) in [4.78, 5) is 62.0. The highest BCUT2D eigenvalue weighted by Gasteiger charge is 2.54. The van der Waals surface area contributed by atoms with E-state index in [0.29, 0.717) is 0 Å². The van der Waals surface area contributed by atoms with Gasteiger partial charge in [0.2, 0.25) is 17.7 Å². The monoisotopic (exact) mass is 431 g/mol. The van der Waals surface area contributed by atoms with Crippen molar-refractivity contribution in [3.8, 4) is 0 Å². The molecule has 11 heteroatoms. The van der Waals surface area contributed by atoms with Crippen LogP contribution in [0.3, 0.4) is 0 Å². The van der Waals surface area contributed by atoms with Crippen molar-refractivity contribution in [2.45, 2.75) is 43.3 Å². The summed E-state index contributed by atoms with van der Waals surface area (Å²) in [5.74, 6) is -2.84. The lowest BCUT2D eigenvalue weighted by Crippen LogP contribution is -2.72. The first-order valence-corrected chi connectivity index (χ1v) is 9.73. The van der Waals surface area contributed by atoms with Crippen LogP contribution in [0.4, 0.5) is 0 Å². The van der Waals surface area contributed by atoms with Crippen LogP contribution in [0.1, 0.15) is 25.7 Å². The molecule has 4 amide bonds. The van der Waals surface area contributed by atoms with Gasteiger partial charge in [-0.2, -0.15) is 0 Å². The topological polar surface area (TPSA) is 113 Å². The second-order valence-electron chi connectivity index (χ2n) is 6.88. The van der Waals surface area contributed by atoms with E-state index in [9.17, 15) is 24.0 Å². The third kappa shape index (κ3) is 3.86. The van der Waals surface area contributed by atoms with Gasteiger partial charge in [-0.3, -0.25) is 19.2 Å². The highest BCUT2D eigenvalue weighted by atomic mass is 35.5. The van der Waals surface area contributed by atoms with Crippen molar-refractivity contribution >= 4 is 52.8 Å². The number of alkyl halides is 2. The molecule has 0 aromatic carbocycles. The lowest BCUT2D eigenvalue weighted by Gasteiger charge is -2.47. The van der Waals surface area contributed by atoms with E-state index < -0.39 is 48.0 Å². The maximum atomic E-state index is 12.6. The maximum absolute atomic E-state index is 12.6. The number of carbonyl (C=O) groups is 5. The molecule has 3 aliphatic rings. The fourth-order valence-electron chi connectivity index (χ4n) is 3.02. The molecule has 3 fully saturated rings. The molecule has 3 atom stereocenters. The van der Waals surface area contributed by atoms with Crippen molar-refractivity contribution in [2.24, 2.45) is 5.92 Å². The molecular formula is C17H19Cl2N3O6. The second-order valence-corrected chi connectivity index (χ2v) is 7.60. The zero-order valence-corrected chi connectivity index (χ0v) is 16.4. The van der Waals surface area contributed by atoms with Crippen LogP contribution in [0, 0.1) is 5.92 Å². The number of esters is 1. The molecule has 2 saturated heterocycles. The molecule has 9 nitrogen and oxygen atoms in total. The summed E-state index contributed by atoms with van der Waals surface area (Å²) in [6.07, 6.45) is 1.67. The number of nitrogens with zero attached hydrogens (tertiary/aromatic N) is 2. The summed E-state index contributed by atoms with van der Waals surface area (Å²) in [5.41, 5.74) is -0.820. The van der Waals surface area contributed by atoms with E-state index in [-0.39, 0.29) is 36.1 Å². The van der Waals surface area contributed by atoms with E-state index in [0.717, 1.165) is 22.6 Å². The van der Waals surface area contributed by atoms with Crippen LogP contribution in [-0.2, 0) is 28.7 Å². The van der Waals surface area contributed by atoms with E-state index in [2.05, 4.69) is 11.9 Å². The van der Waals surface area contributed by atoms with Gasteiger partial charge in [0.05, 0.1) is 0 Å². The summed E-state index contributed by atoms with van der Waals surface area (Å²) in [7, 11) is 0. The number of ether oxygens (including phenoxy) is 1. The molecule has 1 aliphatic carbocycles. The number of carbonyl (C=O) groups excluding carboxylic acids is 5. The van der Waals surface area contributed by atoms with Gasteiger partial charge in [0, 0.05) is 24.6 Å². The molecule has 2 heterocycles. The number of likely N-dealkylation sites (tertiary alicyclic amines) is 2.